The maximum Gasteiger partial charge on any atom is 0.313 e. The summed E-state index contributed by atoms with van der Waals surface area (Å²) in [5, 5.41) is 17.7. The van der Waals surface area contributed by atoms with Gasteiger partial charge in [0.15, 0.2) is 0 Å². The molecular weight excluding hydrogens is 144 g/mol. The van der Waals surface area contributed by atoms with E-state index in [9.17, 15) is 4.79 Å². The normalized spacial score (nSPS) is 14.7. The summed E-state index contributed by atoms with van der Waals surface area (Å²) in [6.07, 6.45) is 0.827. The van der Waals surface area contributed by atoms with E-state index in [1.54, 1.807) is 6.92 Å². The van der Waals surface area contributed by atoms with Crippen molar-refractivity contribution in [2.24, 2.45) is 5.92 Å². The van der Waals surface area contributed by atoms with Gasteiger partial charge in [0.25, 0.3) is 0 Å². The highest BCUT2D eigenvalue weighted by Gasteiger charge is 2.21. The fraction of sp³-hybridized carbons (Fsp3) is 0.500. The van der Waals surface area contributed by atoms with E-state index in [1.807, 2.05) is 0 Å². The van der Waals surface area contributed by atoms with Gasteiger partial charge in [0, 0.05) is 0 Å². The van der Waals surface area contributed by atoms with E-state index in [2.05, 4.69) is 12.3 Å². The van der Waals surface area contributed by atoms with Crippen LogP contribution in [0.4, 0.5) is 0 Å². The molecule has 0 aliphatic rings. The standard InChI is InChI=1S/C8H12O3/c1-3-5-6(8(10)11)7(9)4-2/h5-7,9H,1,4H2,2H3,(H,10,11). The van der Waals surface area contributed by atoms with E-state index in [1.165, 1.54) is 6.08 Å². The Morgan fingerprint density at radius 2 is 2.36 bits per heavy atom. The number of carboxylic acids is 1. The monoisotopic (exact) mass is 156 g/mol. The van der Waals surface area contributed by atoms with E-state index >= 15 is 0 Å². The Hall–Kier alpha value is -1.05. The van der Waals surface area contributed by atoms with Gasteiger partial charge in [-0.05, 0) is 12.5 Å². The number of aliphatic carboxylic acids is 1. The predicted molar refractivity (Wildman–Crippen MR) is 41.1 cm³/mol. The zero-order chi connectivity index (χ0) is 8.85. The third-order valence-electron chi connectivity index (χ3n) is 1.42. The minimum Gasteiger partial charge on any atom is -0.481 e. The van der Waals surface area contributed by atoms with Crippen LogP contribution in [0.5, 0.6) is 0 Å². The summed E-state index contributed by atoms with van der Waals surface area (Å²) in [7, 11) is 0. The second-order valence-corrected chi connectivity index (χ2v) is 2.21. The molecule has 3 heteroatoms. The lowest BCUT2D eigenvalue weighted by molar-refractivity contribution is -0.143. The zero-order valence-corrected chi connectivity index (χ0v) is 6.45. The molecule has 2 unspecified atom stereocenters. The Balaban J connectivity index is 4.32. The molecule has 0 heterocycles. The highest BCUT2D eigenvalue weighted by atomic mass is 16.4. The van der Waals surface area contributed by atoms with Crippen molar-refractivity contribution >= 4 is 5.97 Å². The molecular formula is C8H12O3. The van der Waals surface area contributed by atoms with Crippen molar-refractivity contribution < 1.29 is 15.0 Å². The number of hydrogen-bond acceptors (Lipinski definition) is 2. The summed E-state index contributed by atoms with van der Waals surface area (Å²) in [5.41, 5.74) is 2.35. The molecule has 3 nitrogen and oxygen atoms in total. The number of rotatable bonds is 4. The first-order chi connectivity index (χ1) is 5.13. The molecule has 0 bridgehead atoms. The fourth-order valence-corrected chi connectivity index (χ4v) is 0.728. The van der Waals surface area contributed by atoms with Crippen LogP contribution in [0.2, 0.25) is 0 Å². The number of aliphatic hydroxyl groups excluding tert-OH is 1. The Bertz CT molecular complexity index is 178. The topological polar surface area (TPSA) is 57.5 Å². The second kappa shape index (κ2) is 4.72. The van der Waals surface area contributed by atoms with Gasteiger partial charge in [0.1, 0.15) is 5.92 Å². The molecule has 2 atom stereocenters. The van der Waals surface area contributed by atoms with Gasteiger partial charge in [-0.15, -0.1) is 5.73 Å². The number of carbonyl (C=O) groups is 1. The minimum atomic E-state index is -1.05. The summed E-state index contributed by atoms with van der Waals surface area (Å²) in [6, 6.07) is 0. The lowest BCUT2D eigenvalue weighted by Crippen LogP contribution is -2.25. The molecule has 0 aromatic rings. The smallest absolute Gasteiger partial charge is 0.313 e. The first kappa shape index (κ1) is 9.95. The predicted octanol–water partition coefficient (Wildman–Crippen LogP) is 0.799. The van der Waals surface area contributed by atoms with E-state index in [0.29, 0.717) is 6.42 Å². The van der Waals surface area contributed by atoms with Crippen molar-refractivity contribution in [2.45, 2.75) is 19.4 Å². The van der Waals surface area contributed by atoms with Gasteiger partial charge in [0.2, 0.25) is 0 Å². The third kappa shape index (κ3) is 3.03. The van der Waals surface area contributed by atoms with Crippen LogP contribution in [0.25, 0.3) is 0 Å². The quantitative estimate of drug-likeness (QED) is 0.592. The molecule has 0 aliphatic heterocycles. The van der Waals surface area contributed by atoms with E-state index < -0.39 is 18.0 Å². The molecule has 0 aliphatic carbocycles. The first-order valence-corrected chi connectivity index (χ1v) is 3.40. The molecule has 0 rings (SSSR count). The summed E-state index contributed by atoms with van der Waals surface area (Å²) in [6.45, 7) is 4.96. The molecule has 0 radical (unpaired) electrons. The van der Waals surface area contributed by atoms with Crippen molar-refractivity contribution in [1.29, 1.82) is 0 Å². The van der Waals surface area contributed by atoms with Gasteiger partial charge in [-0.3, -0.25) is 4.79 Å². The summed E-state index contributed by atoms with van der Waals surface area (Å²) < 4.78 is 0. The number of carboxylic acid groups (broad SMARTS) is 1. The highest BCUT2D eigenvalue weighted by Crippen LogP contribution is 2.08. The van der Waals surface area contributed by atoms with Crippen molar-refractivity contribution in [2.75, 3.05) is 0 Å². The lowest BCUT2D eigenvalue weighted by atomic mass is 10.0. The molecule has 0 aromatic heterocycles. The average molecular weight is 156 g/mol. The maximum atomic E-state index is 10.4. The first-order valence-electron chi connectivity index (χ1n) is 3.40. The van der Waals surface area contributed by atoms with Gasteiger partial charge in [0.05, 0.1) is 6.10 Å². The SMILES string of the molecule is C=C=CC(C(=O)O)C(O)CC. The van der Waals surface area contributed by atoms with Gasteiger partial charge >= 0.3 is 5.97 Å². The lowest BCUT2D eigenvalue weighted by Gasteiger charge is -2.11. The summed E-state index contributed by atoms with van der Waals surface area (Å²) >= 11 is 0. The fourth-order valence-electron chi connectivity index (χ4n) is 0.728. The van der Waals surface area contributed by atoms with Gasteiger partial charge in [-0.2, -0.15) is 0 Å². The molecule has 0 spiro atoms. The van der Waals surface area contributed by atoms with Gasteiger partial charge in [-0.25, -0.2) is 0 Å². The van der Waals surface area contributed by atoms with Crippen LogP contribution in [0.15, 0.2) is 18.4 Å². The maximum absolute atomic E-state index is 10.4. The van der Waals surface area contributed by atoms with Crippen molar-refractivity contribution in [1.82, 2.24) is 0 Å². The van der Waals surface area contributed by atoms with Gasteiger partial charge in [-0.1, -0.05) is 13.5 Å². The molecule has 62 valence electrons. The van der Waals surface area contributed by atoms with Crippen molar-refractivity contribution in [3.63, 3.8) is 0 Å². The third-order valence-corrected chi connectivity index (χ3v) is 1.42. The molecule has 0 amide bonds. The van der Waals surface area contributed by atoms with E-state index in [4.69, 9.17) is 10.2 Å². The Morgan fingerprint density at radius 1 is 1.82 bits per heavy atom. The van der Waals surface area contributed by atoms with Crippen LogP contribution in [0, 0.1) is 5.92 Å². The van der Waals surface area contributed by atoms with E-state index in [0.717, 1.165) is 0 Å². The van der Waals surface area contributed by atoms with Gasteiger partial charge < -0.3 is 10.2 Å². The van der Waals surface area contributed by atoms with Crippen LogP contribution in [-0.2, 0) is 4.79 Å². The molecule has 0 aromatic carbocycles. The summed E-state index contributed by atoms with van der Waals surface area (Å²) in [5.74, 6) is -1.92. The van der Waals surface area contributed by atoms with Crippen molar-refractivity contribution in [3.05, 3.63) is 18.4 Å². The second-order valence-electron chi connectivity index (χ2n) is 2.21. The van der Waals surface area contributed by atoms with Crippen LogP contribution < -0.4 is 0 Å². The van der Waals surface area contributed by atoms with Crippen LogP contribution in [-0.4, -0.2) is 22.3 Å². The van der Waals surface area contributed by atoms with Crippen LogP contribution in [0.1, 0.15) is 13.3 Å². The Morgan fingerprint density at radius 3 is 2.64 bits per heavy atom. The molecule has 0 fully saturated rings. The molecule has 0 saturated heterocycles. The average Bonchev–Trinajstić information content (AvgIpc) is 1.98. The number of aliphatic hydroxyl groups is 1. The Labute approximate surface area is 65.7 Å². The van der Waals surface area contributed by atoms with Crippen LogP contribution in [0.3, 0.4) is 0 Å². The van der Waals surface area contributed by atoms with Crippen molar-refractivity contribution in [3.8, 4) is 0 Å². The largest absolute Gasteiger partial charge is 0.481 e. The molecule has 11 heavy (non-hydrogen) atoms. The highest BCUT2D eigenvalue weighted by molar-refractivity contribution is 5.72. The molecule has 2 N–H and O–H groups in total. The summed E-state index contributed by atoms with van der Waals surface area (Å²) in [4.78, 5) is 10.4. The molecule has 0 saturated carbocycles. The zero-order valence-electron chi connectivity index (χ0n) is 6.45. The number of hydrogen-bond donors (Lipinski definition) is 2. The van der Waals surface area contributed by atoms with Crippen LogP contribution >= 0.6 is 0 Å². The minimum absolute atomic E-state index is 0.412. The Kier molecular flexibility index (Phi) is 4.27. The van der Waals surface area contributed by atoms with E-state index in [-0.39, 0.29) is 0 Å².